The summed E-state index contributed by atoms with van der Waals surface area (Å²) in [5.41, 5.74) is 0.689. The molecule has 2 aliphatic heterocycles. The zero-order valence-electron chi connectivity index (χ0n) is 9.64. The third-order valence-electron chi connectivity index (χ3n) is 3.38. The van der Waals surface area contributed by atoms with Crippen LogP contribution in [0.2, 0.25) is 0 Å². The van der Waals surface area contributed by atoms with Crippen LogP contribution >= 0.6 is 0 Å². The van der Waals surface area contributed by atoms with E-state index >= 15 is 0 Å². The molecule has 6 heteroatoms. The lowest BCUT2D eigenvalue weighted by molar-refractivity contribution is -0.136. The lowest BCUT2D eigenvalue weighted by Gasteiger charge is -2.24. The Bertz CT molecular complexity index is 544. The molecule has 18 heavy (non-hydrogen) atoms. The van der Waals surface area contributed by atoms with Crippen molar-refractivity contribution < 1.29 is 14.4 Å². The van der Waals surface area contributed by atoms with Gasteiger partial charge in [0.25, 0.3) is 5.91 Å². The molecule has 0 aromatic heterocycles. The minimum Gasteiger partial charge on any atom is -0.410 e. The standard InChI is InChI=1S/C12H12FN3O2/c13-10-4-1-3-8-9(10)7-15-5-2-6-16(15)12(17)11(8)14-18/h1,3-4,18H,2,5-7H2. The first-order chi connectivity index (χ1) is 8.72. The molecule has 0 radical (unpaired) electrons. The van der Waals surface area contributed by atoms with E-state index in [1.807, 2.05) is 0 Å². The molecule has 1 aromatic carbocycles. The smallest absolute Gasteiger partial charge is 0.290 e. The molecule has 3 rings (SSSR count). The minimum atomic E-state index is -0.379. The highest BCUT2D eigenvalue weighted by atomic mass is 19.1. The summed E-state index contributed by atoms with van der Waals surface area (Å²) in [6, 6.07) is 4.47. The van der Waals surface area contributed by atoms with Crippen LogP contribution in [0.3, 0.4) is 0 Å². The van der Waals surface area contributed by atoms with Gasteiger partial charge in [0.15, 0.2) is 5.71 Å². The van der Waals surface area contributed by atoms with Crippen LogP contribution in [0.25, 0.3) is 0 Å². The van der Waals surface area contributed by atoms with Gasteiger partial charge in [-0.1, -0.05) is 17.3 Å². The molecule has 0 unspecified atom stereocenters. The summed E-state index contributed by atoms with van der Waals surface area (Å²) < 4.78 is 13.9. The Hall–Kier alpha value is -1.95. The van der Waals surface area contributed by atoms with E-state index in [1.165, 1.54) is 17.1 Å². The fourth-order valence-electron chi connectivity index (χ4n) is 2.52. The summed E-state index contributed by atoms with van der Waals surface area (Å²) in [7, 11) is 0. The van der Waals surface area contributed by atoms with E-state index in [2.05, 4.69) is 5.16 Å². The molecule has 0 saturated carbocycles. The molecular weight excluding hydrogens is 237 g/mol. The van der Waals surface area contributed by atoms with Gasteiger partial charge in [-0.05, 0) is 12.5 Å². The van der Waals surface area contributed by atoms with Gasteiger partial charge in [0.05, 0.1) is 0 Å². The number of oxime groups is 1. The van der Waals surface area contributed by atoms with Gasteiger partial charge in [0, 0.05) is 30.8 Å². The highest BCUT2D eigenvalue weighted by Crippen LogP contribution is 2.25. The number of nitrogens with zero attached hydrogens (tertiary/aromatic N) is 3. The van der Waals surface area contributed by atoms with E-state index in [4.69, 9.17) is 5.21 Å². The van der Waals surface area contributed by atoms with Gasteiger partial charge in [-0.3, -0.25) is 9.80 Å². The Morgan fingerprint density at radius 2 is 2.17 bits per heavy atom. The van der Waals surface area contributed by atoms with Gasteiger partial charge in [-0.2, -0.15) is 0 Å². The Balaban J connectivity index is 2.19. The molecule has 0 aliphatic carbocycles. The van der Waals surface area contributed by atoms with Gasteiger partial charge in [-0.25, -0.2) is 9.40 Å². The Kier molecular flexibility index (Phi) is 2.52. The normalized spacial score (nSPS) is 21.9. The lowest BCUT2D eigenvalue weighted by Crippen LogP contribution is -2.42. The van der Waals surface area contributed by atoms with Gasteiger partial charge in [-0.15, -0.1) is 0 Å². The Morgan fingerprint density at radius 1 is 1.33 bits per heavy atom. The predicted molar refractivity (Wildman–Crippen MR) is 61.5 cm³/mol. The molecule has 1 aromatic rings. The van der Waals surface area contributed by atoms with Crippen LogP contribution in [0.15, 0.2) is 23.4 Å². The SMILES string of the molecule is O=C1C(=NO)c2cccc(F)c2CN2CCCN12. The second-order valence-corrected chi connectivity index (χ2v) is 4.38. The number of carbonyl (C=O) groups is 1. The summed E-state index contributed by atoms with van der Waals surface area (Å²) in [6.07, 6.45) is 0.842. The first-order valence-electron chi connectivity index (χ1n) is 5.79. The molecule has 2 heterocycles. The first-order valence-corrected chi connectivity index (χ1v) is 5.79. The molecule has 1 N–H and O–H groups in total. The largest absolute Gasteiger partial charge is 0.410 e. The van der Waals surface area contributed by atoms with Gasteiger partial charge >= 0.3 is 0 Å². The minimum absolute atomic E-state index is 0.0890. The second-order valence-electron chi connectivity index (χ2n) is 4.38. The quantitative estimate of drug-likeness (QED) is 0.550. The molecular formula is C12H12FN3O2. The number of rotatable bonds is 0. The van der Waals surface area contributed by atoms with Crippen molar-refractivity contribution in [1.82, 2.24) is 10.0 Å². The number of halogens is 1. The summed E-state index contributed by atoms with van der Waals surface area (Å²) in [6.45, 7) is 1.61. The van der Waals surface area contributed by atoms with Crippen molar-refractivity contribution in [3.05, 3.63) is 35.1 Å². The van der Waals surface area contributed by atoms with E-state index in [9.17, 15) is 9.18 Å². The van der Waals surface area contributed by atoms with Crippen molar-refractivity contribution in [3.8, 4) is 0 Å². The molecule has 1 fully saturated rings. The Morgan fingerprint density at radius 3 is 2.94 bits per heavy atom. The number of fused-ring (bicyclic) bond motifs is 2. The highest BCUT2D eigenvalue weighted by Gasteiger charge is 2.36. The van der Waals surface area contributed by atoms with Crippen molar-refractivity contribution in [3.63, 3.8) is 0 Å². The Labute approximate surface area is 103 Å². The van der Waals surface area contributed by atoms with Crippen LogP contribution in [-0.4, -0.2) is 39.9 Å². The molecule has 2 aliphatic rings. The van der Waals surface area contributed by atoms with Crippen LogP contribution < -0.4 is 0 Å². The maximum atomic E-state index is 13.9. The number of hydrazine groups is 1. The average Bonchev–Trinajstić information content (AvgIpc) is 2.78. The summed E-state index contributed by atoms with van der Waals surface area (Å²) >= 11 is 0. The van der Waals surface area contributed by atoms with Crippen molar-refractivity contribution in [2.24, 2.45) is 5.16 Å². The second kappa shape index (κ2) is 4.06. The third kappa shape index (κ3) is 1.49. The molecule has 0 bridgehead atoms. The van der Waals surface area contributed by atoms with E-state index in [0.717, 1.165) is 6.42 Å². The summed E-state index contributed by atoms with van der Waals surface area (Å²) in [4.78, 5) is 12.2. The maximum absolute atomic E-state index is 13.9. The van der Waals surface area contributed by atoms with E-state index < -0.39 is 0 Å². The monoisotopic (exact) mass is 249 g/mol. The summed E-state index contributed by atoms with van der Waals surface area (Å²) in [5.74, 6) is -0.755. The highest BCUT2D eigenvalue weighted by molar-refractivity contribution is 6.45. The molecule has 0 atom stereocenters. The fraction of sp³-hybridized carbons (Fsp3) is 0.333. The lowest BCUT2D eigenvalue weighted by atomic mass is 10.0. The topological polar surface area (TPSA) is 56.1 Å². The van der Waals surface area contributed by atoms with Crippen LogP contribution in [0.1, 0.15) is 17.5 Å². The molecule has 5 nitrogen and oxygen atoms in total. The molecule has 1 saturated heterocycles. The molecule has 0 spiro atoms. The van der Waals surface area contributed by atoms with Crippen LogP contribution in [-0.2, 0) is 11.3 Å². The van der Waals surface area contributed by atoms with Crippen molar-refractivity contribution >= 4 is 11.6 Å². The number of hydrogen-bond donors (Lipinski definition) is 1. The van der Waals surface area contributed by atoms with E-state index in [-0.39, 0.29) is 17.4 Å². The van der Waals surface area contributed by atoms with E-state index in [0.29, 0.717) is 30.8 Å². The fourth-order valence-corrected chi connectivity index (χ4v) is 2.52. The van der Waals surface area contributed by atoms with Gasteiger partial charge in [0.1, 0.15) is 5.82 Å². The molecule has 1 amide bonds. The number of carbonyl (C=O) groups excluding carboxylic acids is 1. The number of hydrogen-bond acceptors (Lipinski definition) is 4. The zero-order valence-corrected chi connectivity index (χ0v) is 9.64. The average molecular weight is 249 g/mol. The van der Waals surface area contributed by atoms with Crippen LogP contribution in [0, 0.1) is 5.82 Å². The van der Waals surface area contributed by atoms with Gasteiger partial charge in [0.2, 0.25) is 0 Å². The van der Waals surface area contributed by atoms with Crippen molar-refractivity contribution in [2.45, 2.75) is 13.0 Å². The van der Waals surface area contributed by atoms with Crippen LogP contribution in [0.5, 0.6) is 0 Å². The third-order valence-corrected chi connectivity index (χ3v) is 3.38. The summed E-state index contributed by atoms with van der Waals surface area (Å²) in [5, 5.41) is 15.4. The van der Waals surface area contributed by atoms with Crippen molar-refractivity contribution in [2.75, 3.05) is 13.1 Å². The van der Waals surface area contributed by atoms with E-state index in [1.54, 1.807) is 11.1 Å². The van der Waals surface area contributed by atoms with Crippen molar-refractivity contribution in [1.29, 1.82) is 0 Å². The molecule has 94 valence electrons. The van der Waals surface area contributed by atoms with Crippen LogP contribution in [0.4, 0.5) is 4.39 Å². The van der Waals surface area contributed by atoms with Gasteiger partial charge < -0.3 is 5.21 Å². The number of amides is 1. The predicted octanol–water partition coefficient (Wildman–Crippen LogP) is 0.967. The zero-order chi connectivity index (χ0) is 12.7. The number of benzene rings is 1. The maximum Gasteiger partial charge on any atom is 0.290 e. The first kappa shape index (κ1) is 11.2.